The average Bonchev–Trinajstić information content (AvgIpc) is 2.34. The largest absolute Gasteiger partial charge is 0.316 e. The molecule has 0 saturated heterocycles. The maximum Gasteiger partial charge on any atom is 0.0928 e. The van der Waals surface area contributed by atoms with Gasteiger partial charge in [-0.15, -0.1) is 0 Å². The molecular weight excluding hydrogens is 208 g/mol. The molecule has 0 aliphatic heterocycles. The molecule has 1 aliphatic rings. The smallest absolute Gasteiger partial charge is 0.0928 e. The van der Waals surface area contributed by atoms with Gasteiger partial charge >= 0.3 is 0 Å². The first-order valence-corrected chi connectivity index (χ1v) is 7.48. The zero-order valence-corrected chi connectivity index (χ0v) is 11.8. The second-order valence-corrected chi connectivity index (χ2v) is 4.88. The van der Waals surface area contributed by atoms with Crippen molar-refractivity contribution in [3.05, 3.63) is 0 Å². The van der Waals surface area contributed by atoms with Gasteiger partial charge in [-0.3, -0.25) is 0 Å². The monoisotopic (exact) mass is 240 g/mol. The lowest BCUT2D eigenvalue weighted by atomic mass is 9.87. The second kappa shape index (κ2) is 11.9. The molecule has 1 fully saturated rings. The summed E-state index contributed by atoms with van der Waals surface area (Å²) < 4.78 is 0. The van der Waals surface area contributed by atoms with E-state index in [2.05, 4.69) is 6.07 Å². The minimum atomic E-state index is -0.237. The molecule has 1 atom stereocenters. The second-order valence-electron chi connectivity index (χ2n) is 4.88. The molecule has 1 rings (SSSR count). The van der Waals surface area contributed by atoms with Crippen LogP contribution in [-0.2, 0) is 0 Å². The fraction of sp³-hybridized carbons (Fsp3) is 0.933. The number of nitriles is 1. The Hall–Kier alpha value is -0.550. The summed E-state index contributed by atoms with van der Waals surface area (Å²) in [6.45, 7) is 4.00. The van der Waals surface area contributed by atoms with Gasteiger partial charge in [0.25, 0.3) is 0 Å². The standard InChI is InChI=1S/C13H24N2.C2H6.H2/c14-11-13(15)10-6-9-12-7-4-2-1-3-5-8-12;1-2;/h12-13H,1-10,15H2;1-2H3;1H. The average molecular weight is 240 g/mol. The zero-order valence-electron chi connectivity index (χ0n) is 11.8. The summed E-state index contributed by atoms with van der Waals surface area (Å²) in [6.07, 6.45) is 13.2. The molecule has 0 radical (unpaired) electrons. The molecule has 0 aromatic carbocycles. The molecule has 17 heavy (non-hydrogen) atoms. The Morgan fingerprint density at radius 2 is 1.71 bits per heavy atom. The van der Waals surface area contributed by atoms with E-state index >= 15 is 0 Å². The van der Waals surface area contributed by atoms with Crippen LogP contribution in [0.15, 0.2) is 0 Å². The van der Waals surface area contributed by atoms with Gasteiger partial charge in [0.15, 0.2) is 0 Å². The van der Waals surface area contributed by atoms with Gasteiger partial charge in [-0.25, -0.2) is 0 Å². The fourth-order valence-electron chi connectivity index (χ4n) is 2.52. The van der Waals surface area contributed by atoms with Crippen LogP contribution in [0.2, 0.25) is 0 Å². The summed E-state index contributed by atoms with van der Waals surface area (Å²) in [6, 6.07) is 1.87. The quantitative estimate of drug-likeness (QED) is 0.778. The highest BCUT2D eigenvalue weighted by Gasteiger charge is 2.11. The van der Waals surface area contributed by atoms with Crippen molar-refractivity contribution in [2.24, 2.45) is 11.7 Å². The van der Waals surface area contributed by atoms with E-state index in [9.17, 15) is 0 Å². The van der Waals surface area contributed by atoms with Crippen molar-refractivity contribution < 1.29 is 1.43 Å². The first-order valence-electron chi connectivity index (χ1n) is 7.48. The van der Waals surface area contributed by atoms with Crippen molar-refractivity contribution in [3.8, 4) is 6.07 Å². The van der Waals surface area contributed by atoms with Crippen LogP contribution < -0.4 is 5.73 Å². The summed E-state index contributed by atoms with van der Waals surface area (Å²) in [4.78, 5) is 0. The van der Waals surface area contributed by atoms with E-state index in [4.69, 9.17) is 11.0 Å². The zero-order chi connectivity index (χ0) is 12.9. The van der Waals surface area contributed by atoms with E-state index in [0.29, 0.717) is 0 Å². The van der Waals surface area contributed by atoms with E-state index in [1.807, 2.05) is 13.8 Å². The van der Waals surface area contributed by atoms with Crippen LogP contribution in [0, 0.1) is 17.2 Å². The lowest BCUT2D eigenvalue weighted by Gasteiger charge is -2.19. The van der Waals surface area contributed by atoms with Crippen molar-refractivity contribution in [1.82, 2.24) is 0 Å². The summed E-state index contributed by atoms with van der Waals surface area (Å²) in [5, 5.41) is 8.58. The normalized spacial score (nSPS) is 19.2. The number of rotatable bonds is 4. The molecule has 2 heteroatoms. The lowest BCUT2D eigenvalue weighted by Crippen LogP contribution is -2.17. The van der Waals surface area contributed by atoms with Crippen molar-refractivity contribution >= 4 is 0 Å². The van der Waals surface area contributed by atoms with Crippen LogP contribution in [-0.4, -0.2) is 6.04 Å². The van der Waals surface area contributed by atoms with Gasteiger partial charge < -0.3 is 5.73 Å². The third kappa shape index (κ3) is 9.18. The Bertz CT molecular complexity index is 193. The summed E-state index contributed by atoms with van der Waals surface area (Å²) in [7, 11) is 0. The highest BCUT2D eigenvalue weighted by molar-refractivity contribution is 4.86. The van der Waals surface area contributed by atoms with E-state index in [1.54, 1.807) is 0 Å². The van der Waals surface area contributed by atoms with Gasteiger partial charge in [0.05, 0.1) is 12.1 Å². The molecule has 0 heterocycles. The number of hydrogen-bond donors (Lipinski definition) is 1. The first kappa shape index (κ1) is 16.4. The van der Waals surface area contributed by atoms with Crippen molar-refractivity contribution in [1.29, 1.82) is 5.26 Å². The van der Waals surface area contributed by atoms with Crippen LogP contribution in [0.25, 0.3) is 0 Å². The van der Waals surface area contributed by atoms with Gasteiger partial charge in [0.2, 0.25) is 0 Å². The summed E-state index contributed by atoms with van der Waals surface area (Å²) in [5.74, 6) is 0.913. The molecule has 0 amide bonds. The SMILES string of the molecule is CC.N#CC(N)CCCC1CCCCCCC1.[HH]. The molecule has 1 aliphatic carbocycles. The van der Waals surface area contributed by atoms with E-state index < -0.39 is 0 Å². The molecule has 1 unspecified atom stereocenters. The number of nitrogens with zero attached hydrogens (tertiary/aromatic N) is 1. The Balaban J connectivity index is 0. The molecule has 0 bridgehead atoms. The van der Waals surface area contributed by atoms with Gasteiger partial charge in [-0.1, -0.05) is 71.6 Å². The predicted octanol–water partition coefficient (Wildman–Crippen LogP) is 4.64. The highest BCUT2D eigenvalue weighted by Crippen LogP contribution is 2.26. The number of hydrogen-bond acceptors (Lipinski definition) is 2. The Morgan fingerprint density at radius 1 is 1.18 bits per heavy atom. The van der Waals surface area contributed by atoms with Gasteiger partial charge in [-0.05, 0) is 12.3 Å². The molecule has 1 saturated carbocycles. The third-order valence-electron chi connectivity index (χ3n) is 3.52. The van der Waals surface area contributed by atoms with Crippen molar-refractivity contribution in [2.75, 3.05) is 0 Å². The van der Waals surface area contributed by atoms with Gasteiger partial charge in [-0.2, -0.15) is 5.26 Å². The van der Waals surface area contributed by atoms with Crippen LogP contribution in [0.4, 0.5) is 0 Å². The maximum atomic E-state index is 8.58. The molecule has 0 aromatic heterocycles. The van der Waals surface area contributed by atoms with Crippen molar-refractivity contribution in [2.45, 2.75) is 84.1 Å². The van der Waals surface area contributed by atoms with E-state index in [1.165, 1.54) is 51.4 Å². The first-order chi connectivity index (χ1) is 8.33. The van der Waals surface area contributed by atoms with Crippen LogP contribution in [0.3, 0.4) is 0 Å². The maximum absolute atomic E-state index is 8.58. The van der Waals surface area contributed by atoms with Gasteiger partial charge in [0, 0.05) is 1.43 Å². The van der Waals surface area contributed by atoms with Crippen LogP contribution in [0.5, 0.6) is 0 Å². The molecule has 2 nitrogen and oxygen atoms in total. The van der Waals surface area contributed by atoms with Crippen molar-refractivity contribution in [3.63, 3.8) is 0 Å². The molecule has 0 aromatic rings. The van der Waals surface area contributed by atoms with E-state index in [-0.39, 0.29) is 7.47 Å². The topological polar surface area (TPSA) is 49.8 Å². The summed E-state index contributed by atoms with van der Waals surface area (Å²) >= 11 is 0. The molecule has 2 N–H and O–H groups in total. The van der Waals surface area contributed by atoms with E-state index in [0.717, 1.165) is 18.8 Å². The highest BCUT2D eigenvalue weighted by atomic mass is 14.6. The minimum Gasteiger partial charge on any atom is -0.316 e. The Kier molecular flexibility index (Phi) is 11.5. The lowest BCUT2D eigenvalue weighted by molar-refractivity contribution is 0.347. The Labute approximate surface area is 109 Å². The van der Waals surface area contributed by atoms with Gasteiger partial charge in [0.1, 0.15) is 0 Å². The Morgan fingerprint density at radius 3 is 2.24 bits per heavy atom. The fourth-order valence-corrected chi connectivity index (χ4v) is 2.52. The predicted molar refractivity (Wildman–Crippen MR) is 76.7 cm³/mol. The minimum absolute atomic E-state index is 0. The number of nitrogens with two attached hydrogens (primary N) is 1. The third-order valence-corrected chi connectivity index (χ3v) is 3.52. The molecule has 102 valence electrons. The van der Waals surface area contributed by atoms with Crippen LogP contribution >= 0.6 is 0 Å². The molecular formula is C15H32N2. The summed E-state index contributed by atoms with van der Waals surface area (Å²) in [5.41, 5.74) is 5.58. The van der Waals surface area contributed by atoms with Crippen LogP contribution in [0.1, 0.15) is 79.5 Å². The molecule has 0 spiro atoms.